The van der Waals surface area contributed by atoms with E-state index in [2.05, 4.69) is 15.7 Å². The van der Waals surface area contributed by atoms with Crippen LogP contribution in [0.25, 0.3) is 11.3 Å². The van der Waals surface area contributed by atoms with Crippen LogP contribution in [0.1, 0.15) is 23.6 Å². The van der Waals surface area contributed by atoms with Crippen LogP contribution < -0.4 is 15.4 Å². The van der Waals surface area contributed by atoms with Crippen LogP contribution in [0, 0.1) is 13.8 Å². The number of benzene rings is 2. The minimum Gasteiger partial charge on any atom is -0.497 e. The monoisotopic (exact) mass is 390 g/mol. The molecule has 2 N–H and O–H groups in total. The number of hydrogen-bond acceptors (Lipinski definition) is 4. The summed E-state index contributed by atoms with van der Waals surface area (Å²) in [5.41, 5.74) is 4.28. The number of fused-ring (bicyclic) bond motifs is 1. The summed E-state index contributed by atoms with van der Waals surface area (Å²) in [6, 6.07) is 14.4. The summed E-state index contributed by atoms with van der Waals surface area (Å²) in [4.78, 5) is 25.3. The van der Waals surface area contributed by atoms with Crippen LogP contribution in [0.2, 0.25) is 0 Å². The van der Waals surface area contributed by atoms with Crippen molar-refractivity contribution in [2.24, 2.45) is 0 Å². The van der Waals surface area contributed by atoms with Crippen molar-refractivity contribution >= 4 is 23.3 Å². The fourth-order valence-electron chi connectivity index (χ4n) is 3.45. The van der Waals surface area contributed by atoms with Crippen molar-refractivity contribution in [2.45, 2.75) is 26.3 Å². The van der Waals surface area contributed by atoms with Crippen LogP contribution in [-0.2, 0) is 9.59 Å². The van der Waals surface area contributed by atoms with E-state index in [0.717, 1.165) is 22.4 Å². The summed E-state index contributed by atoms with van der Waals surface area (Å²) in [6.07, 6.45) is 0.0251. The molecule has 0 bridgehead atoms. The molecule has 0 saturated carbocycles. The van der Waals surface area contributed by atoms with E-state index in [1.54, 1.807) is 36.1 Å². The summed E-state index contributed by atoms with van der Waals surface area (Å²) >= 11 is 0. The standard InChI is InChI=1S/C22H22N4O3/c1-13-7-9-15(10-8-13)20-14(2)21-24-19(27)12-18(26(21)25-20)22(28)23-16-5-4-6-17(11-16)29-3/h4-11,18H,12H2,1-3H3,(H,23,28)(H,24,27)/t18-/m0/s1. The van der Waals surface area contributed by atoms with Crippen molar-refractivity contribution in [1.29, 1.82) is 0 Å². The highest BCUT2D eigenvalue weighted by molar-refractivity contribution is 6.02. The van der Waals surface area contributed by atoms with Crippen LogP contribution in [-0.4, -0.2) is 28.7 Å². The van der Waals surface area contributed by atoms with E-state index >= 15 is 0 Å². The smallest absolute Gasteiger partial charge is 0.249 e. The number of amides is 2. The Morgan fingerprint density at radius 2 is 1.97 bits per heavy atom. The third-order valence-corrected chi connectivity index (χ3v) is 5.04. The van der Waals surface area contributed by atoms with Crippen molar-refractivity contribution in [2.75, 3.05) is 17.7 Å². The first kappa shape index (κ1) is 18.7. The average molecular weight is 390 g/mol. The van der Waals surface area contributed by atoms with Gasteiger partial charge >= 0.3 is 0 Å². The van der Waals surface area contributed by atoms with Crippen molar-refractivity contribution in [1.82, 2.24) is 9.78 Å². The largest absolute Gasteiger partial charge is 0.497 e. The van der Waals surface area contributed by atoms with Crippen LogP contribution in [0.5, 0.6) is 5.75 Å². The number of anilines is 2. The van der Waals surface area contributed by atoms with Gasteiger partial charge < -0.3 is 15.4 Å². The van der Waals surface area contributed by atoms with Gasteiger partial charge in [-0.05, 0) is 26.0 Å². The molecule has 2 aromatic carbocycles. The minimum atomic E-state index is -0.733. The molecule has 2 heterocycles. The second-order valence-electron chi connectivity index (χ2n) is 7.12. The molecule has 1 aromatic heterocycles. The Balaban J connectivity index is 1.68. The van der Waals surface area contributed by atoms with Crippen LogP contribution in [0.4, 0.5) is 11.5 Å². The first-order valence-corrected chi connectivity index (χ1v) is 9.37. The van der Waals surface area contributed by atoms with Gasteiger partial charge in [-0.15, -0.1) is 0 Å². The van der Waals surface area contributed by atoms with Gasteiger partial charge in [0.05, 0.1) is 19.2 Å². The molecule has 4 rings (SSSR count). The number of aryl methyl sites for hydroxylation is 1. The van der Waals surface area contributed by atoms with Crippen molar-refractivity contribution in [3.63, 3.8) is 0 Å². The van der Waals surface area contributed by atoms with E-state index in [1.807, 2.05) is 38.1 Å². The third-order valence-electron chi connectivity index (χ3n) is 5.04. The van der Waals surface area contributed by atoms with E-state index in [4.69, 9.17) is 4.74 Å². The maximum absolute atomic E-state index is 13.0. The van der Waals surface area contributed by atoms with Crippen LogP contribution in [0.15, 0.2) is 48.5 Å². The first-order valence-electron chi connectivity index (χ1n) is 9.37. The highest BCUT2D eigenvalue weighted by atomic mass is 16.5. The molecule has 2 amide bonds. The lowest BCUT2D eigenvalue weighted by Gasteiger charge is -2.24. The van der Waals surface area contributed by atoms with E-state index in [-0.39, 0.29) is 18.2 Å². The highest BCUT2D eigenvalue weighted by Crippen LogP contribution is 2.34. The Labute approximate surface area is 168 Å². The van der Waals surface area contributed by atoms with Crippen LogP contribution in [0.3, 0.4) is 0 Å². The van der Waals surface area contributed by atoms with E-state index in [1.165, 1.54) is 0 Å². The van der Waals surface area contributed by atoms with E-state index in [9.17, 15) is 9.59 Å². The number of ether oxygens (including phenoxy) is 1. The zero-order valence-electron chi connectivity index (χ0n) is 16.5. The van der Waals surface area contributed by atoms with Gasteiger partial charge in [-0.3, -0.25) is 9.59 Å². The van der Waals surface area contributed by atoms with Gasteiger partial charge in [0.1, 0.15) is 17.6 Å². The quantitative estimate of drug-likeness (QED) is 0.711. The fourth-order valence-corrected chi connectivity index (χ4v) is 3.45. The summed E-state index contributed by atoms with van der Waals surface area (Å²) in [7, 11) is 1.57. The van der Waals surface area contributed by atoms with Gasteiger partial charge in [0, 0.05) is 22.9 Å². The molecule has 0 spiro atoms. The molecule has 148 valence electrons. The number of hydrogen-bond donors (Lipinski definition) is 2. The first-order chi connectivity index (χ1) is 14.0. The number of methoxy groups -OCH3 is 1. The molecular formula is C22H22N4O3. The lowest BCUT2D eigenvalue weighted by atomic mass is 10.1. The molecular weight excluding hydrogens is 368 g/mol. The summed E-state index contributed by atoms with van der Waals surface area (Å²) < 4.78 is 6.81. The molecule has 7 nitrogen and oxygen atoms in total. The SMILES string of the molecule is COc1cccc(NC(=O)[C@@H]2CC(=O)Nc3c(C)c(-c4ccc(C)cc4)nn32)c1. The molecule has 0 radical (unpaired) electrons. The number of nitrogens with one attached hydrogen (secondary N) is 2. The van der Waals surface area contributed by atoms with Gasteiger partial charge in [0.25, 0.3) is 0 Å². The molecule has 7 heteroatoms. The second kappa shape index (κ2) is 7.43. The molecule has 0 unspecified atom stereocenters. The Bertz CT molecular complexity index is 1090. The second-order valence-corrected chi connectivity index (χ2v) is 7.12. The Morgan fingerprint density at radius 1 is 1.21 bits per heavy atom. The van der Waals surface area contributed by atoms with Gasteiger partial charge in [0.15, 0.2) is 0 Å². The maximum Gasteiger partial charge on any atom is 0.249 e. The predicted molar refractivity (Wildman–Crippen MR) is 111 cm³/mol. The van der Waals surface area contributed by atoms with Gasteiger partial charge in [0.2, 0.25) is 11.8 Å². The van der Waals surface area contributed by atoms with Crippen molar-refractivity contribution in [3.05, 3.63) is 59.7 Å². The molecule has 0 aliphatic carbocycles. The summed E-state index contributed by atoms with van der Waals surface area (Å²) in [6.45, 7) is 3.92. The molecule has 1 aliphatic heterocycles. The average Bonchev–Trinajstić information content (AvgIpc) is 3.04. The van der Waals surface area contributed by atoms with Gasteiger partial charge in [-0.25, -0.2) is 4.68 Å². The fraction of sp³-hybridized carbons (Fsp3) is 0.227. The number of rotatable bonds is 4. The minimum absolute atomic E-state index is 0.0251. The predicted octanol–water partition coefficient (Wildman–Crippen LogP) is 3.70. The molecule has 1 aliphatic rings. The Morgan fingerprint density at radius 3 is 2.69 bits per heavy atom. The van der Waals surface area contributed by atoms with E-state index < -0.39 is 6.04 Å². The molecule has 29 heavy (non-hydrogen) atoms. The maximum atomic E-state index is 13.0. The lowest BCUT2D eigenvalue weighted by Crippen LogP contribution is -2.35. The number of carbonyl (C=O) groups excluding carboxylic acids is 2. The Hall–Kier alpha value is -3.61. The molecule has 0 saturated heterocycles. The highest BCUT2D eigenvalue weighted by Gasteiger charge is 2.34. The normalized spacial score (nSPS) is 15.4. The van der Waals surface area contributed by atoms with E-state index in [0.29, 0.717) is 17.3 Å². The summed E-state index contributed by atoms with van der Waals surface area (Å²) in [5, 5.41) is 10.4. The van der Waals surface area contributed by atoms with Crippen molar-refractivity contribution < 1.29 is 14.3 Å². The third kappa shape index (κ3) is 3.59. The molecule has 0 fully saturated rings. The number of carbonyl (C=O) groups is 2. The van der Waals surface area contributed by atoms with Crippen LogP contribution >= 0.6 is 0 Å². The topological polar surface area (TPSA) is 85.2 Å². The zero-order chi connectivity index (χ0) is 20.5. The summed E-state index contributed by atoms with van der Waals surface area (Å²) in [5.74, 6) is 0.693. The zero-order valence-corrected chi connectivity index (χ0v) is 16.5. The molecule has 3 aromatic rings. The Kier molecular flexibility index (Phi) is 4.80. The number of nitrogens with zero attached hydrogens (tertiary/aromatic N) is 2. The lowest BCUT2D eigenvalue weighted by molar-refractivity contribution is -0.125. The van der Waals surface area contributed by atoms with Gasteiger partial charge in [-0.2, -0.15) is 5.10 Å². The van der Waals surface area contributed by atoms with Gasteiger partial charge in [-0.1, -0.05) is 35.9 Å². The van der Waals surface area contributed by atoms with Crippen molar-refractivity contribution in [3.8, 4) is 17.0 Å². The molecule has 1 atom stereocenters. The number of aromatic nitrogens is 2.